The van der Waals surface area contributed by atoms with Crippen molar-refractivity contribution in [2.24, 2.45) is 0 Å². The highest BCUT2D eigenvalue weighted by molar-refractivity contribution is 8.00. The number of esters is 1. The average molecular weight is 230 g/mol. The molecule has 0 aromatic heterocycles. The summed E-state index contributed by atoms with van der Waals surface area (Å²) in [5.74, 6) is -0.273. The zero-order valence-electron chi connectivity index (χ0n) is 8.78. The maximum atomic E-state index is 11.2. The van der Waals surface area contributed by atoms with E-state index in [1.54, 1.807) is 13.8 Å². The summed E-state index contributed by atoms with van der Waals surface area (Å²) in [7, 11) is 0. The van der Waals surface area contributed by atoms with Gasteiger partial charge in [0.25, 0.3) is 0 Å². The van der Waals surface area contributed by atoms with Gasteiger partial charge >= 0.3 is 5.97 Å². The molecule has 84 valence electrons. The summed E-state index contributed by atoms with van der Waals surface area (Å²) in [6.07, 6.45) is 0. The van der Waals surface area contributed by atoms with Crippen LogP contribution in [0.3, 0.4) is 0 Å². The third-order valence-electron chi connectivity index (χ3n) is 1.42. The van der Waals surface area contributed by atoms with Crippen molar-refractivity contribution in [2.45, 2.75) is 19.9 Å². The number of amides is 1. The van der Waals surface area contributed by atoms with Gasteiger partial charge < -0.3 is 10.1 Å². The number of carbonyl (C=O) groups is 2. The molecule has 0 aliphatic heterocycles. The Hall–Kier alpha value is -1.22. The number of nitriles is 1. The van der Waals surface area contributed by atoms with Gasteiger partial charge in [-0.2, -0.15) is 5.26 Å². The first-order chi connectivity index (χ1) is 7.11. The first-order valence-electron chi connectivity index (χ1n) is 4.52. The summed E-state index contributed by atoms with van der Waals surface area (Å²) in [6.45, 7) is 3.56. The van der Waals surface area contributed by atoms with Crippen LogP contribution in [0.4, 0.5) is 0 Å². The number of hydrogen-bond acceptors (Lipinski definition) is 5. The minimum Gasteiger partial charge on any atom is -0.464 e. The van der Waals surface area contributed by atoms with E-state index in [0.717, 1.165) is 0 Å². The molecule has 0 radical (unpaired) electrons. The van der Waals surface area contributed by atoms with Crippen molar-refractivity contribution in [3.05, 3.63) is 0 Å². The number of thioether (sulfide) groups is 1. The number of rotatable bonds is 6. The fourth-order valence-electron chi connectivity index (χ4n) is 0.799. The smallest absolute Gasteiger partial charge is 0.328 e. The number of nitrogens with zero attached hydrogens (tertiary/aromatic N) is 1. The third-order valence-corrected chi connectivity index (χ3v) is 2.22. The molecule has 1 N–H and O–H groups in total. The van der Waals surface area contributed by atoms with Crippen molar-refractivity contribution in [3.8, 4) is 6.07 Å². The molecule has 0 aromatic rings. The number of nitrogens with one attached hydrogen (secondary N) is 1. The second kappa shape index (κ2) is 8.12. The highest BCUT2D eigenvalue weighted by Crippen LogP contribution is 1.97. The highest BCUT2D eigenvalue weighted by Gasteiger charge is 2.15. The van der Waals surface area contributed by atoms with Gasteiger partial charge in [-0.25, -0.2) is 4.79 Å². The maximum absolute atomic E-state index is 11.2. The van der Waals surface area contributed by atoms with Crippen LogP contribution in [-0.4, -0.2) is 36.0 Å². The van der Waals surface area contributed by atoms with Crippen LogP contribution >= 0.6 is 11.8 Å². The van der Waals surface area contributed by atoms with E-state index < -0.39 is 12.0 Å². The SMILES string of the molecule is CCOC(=O)C(C)NC(=O)CSCC#N. The Morgan fingerprint density at radius 3 is 2.80 bits per heavy atom. The van der Waals surface area contributed by atoms with Gasteiger partial charge in [0.1, 0.15) is 6.04 Å². The molecule has 0 aliphatic carbocycles. The Kier molecular flexibility index (Phi) is 7.46. The summed E-state index contributed by atoms with van der Waals surface area (Å²) in [6, 6.07) is 1.27. The lowest BCUT2D eigenvalue weighted by atomic mass is 10.3. The molecular weight excluding hydrogens is 216 g/mol. The van der Waals surface area contributed by atoms with Crippen LogP contribution in [-0.2, 0) is 14.3 Å². The van der Waals surface area contributed by atoms with Gasteiger partial charge in [0.15, 0.2) is 0 Å². The largest absolute Gasteiger partial charge is 0.464 e. The Bertz CT molecular complexity index is 263. The summed E-state index contributed by atoms with van der Waals surface area (Å²) in [5, 5.41) is 10.7. The van der Waals surface area contributed by atoms with E-state index in [0.29, 0.717) is 6.61 Å². The average Bonchev–Trinajstić information content (AvgIpc) is 2.18. The lowest BCUT2D eigenvalue weighted by Gasteiger charge is -2.11. The zero-order chi connectivity index (χ0) is 11.7. The fourth-order valence-corrected chi connectivity index (χ4v) is 1.26. The molecule has 0 spiro atoms. The number of carbonyl (C=O) groups excluding carboxylic acids is 2. The predicted molar refractivity (Wildman–Crippen MR) is 57.2 cm³/mol. The molecular formula is C9H14N2O3S. The maximum Gasteiger partial charge on any atom is 0.328 e. The van der Waals surface area contributed by atoms with E-state index in [-0.39, 0.29) is 17.4 Å². The van der Waals surface area contributed by atoms with Gasteiger partial charge in [0.05, 0.1) is 24.2 Å². The van der Waals surface area contributed by atoms with Crippen LogP contribution < -0.4 is 5.32 Å². The van der Waals surface area contributed by atoms with Crippen LogP contribution in [0.25, 0.3) is 0 Å². The van der Waals surface area contributed by atoms with Crippen molar-refractivity contribution in [1.29, 1.82) is 5.26 Å². The van der Waals surface area contributed by atoms with Crippen molar-refractivity contribution in [3.63, 3.8) is 0 Å². The van der Waals surface area contributed by atoms with Crippen LogP contribution in [0.1, 0.15) is 13.8 Å². The normalized spacial score (nSPS) is 11.3. The highest BCUT2D eigenvalue weighted by atomic mass is 32.2. The molecule has 0 saturated carbocycles. The van der Waals surface area contributed by atoms with Gasteiger partial charge in [-0.3, -0.25) is 4.79 Å². The van der Waals surface area contributed by atoms with Crippen molar-refractivity contribution in [2.75, 3.05) is 18.1 Å². The van der Waals surface area contributed by atoms with E-state index in [4.69, 9.17) is 10.00 Å². The Morgan fingerprint density at radius 1 is 1.60 bits per heavy atom. The molecule has 0 rings (SSSR count). The third kappa shape index (κ3) is 6.80. The molecule has 0 fully saturated rings. The summed E-state index contributed by atoms with van der Waals surface area (Å²) >= 11 is 1.20. The van der Waals surface area contributed by atoms with E-state index in [1.165, 1.54) is 11.8 Å². The standard InChI is InChI=1S/C9H14N2O3S/c1-3-14-9(13)7(2)11-8(12)6-15-5-4-10/h7H,3,5-6H2,1-2H3,(H,11,12). The predicted octanol–water partition coefficient (Wildman–Crippen LogP) is 0.311. The molecule has 0 aliphatic rings. The number of hydrogen-bond donors (Lipinski definition) is 1. The van der Waals surface area contributed by atoms with Gasteiger partial charge in [-0.05, 0) is 13.8 Å². The lowest BCUT2D eigenvalue weighted by Crippen LogP contribution is -2.40. The molecule has 5 nitrogen and oxygen atoms in total. The quantitative estimate of drug-likeness (QED) is 0.525. The van der Waals surface area contributed by atoms with Gasteiger partial charge in [0.2, 0.25) is 5.91 Å². The van der Waals surface area contributed by atoms with Gasteiger partial charge in [-0.15, -0.1) is 11.8 Å². The summed E-state index contributed by atoms with van der Waals surface area (Å²) < 4.78 is 4.72. The second-order valence-corrected chi connectivity index (χ2v) is 3.68. The van der Waals surface area contributed by atoms with Crippen LogP contribution in [0.2, 0.25) is 0 Å². The minimum absolute atomic E-state index is 0.178. The van der Waals surface area contributed by atoms with Crippen molar-refractivity contribution >= 4 is 23.6 Å². The molecule has 1 atom stereocenters. The molecule has 15 heavy (non-hydrogen) atoms. The lowest BCUT2D eigenvalue weighted by molar-refractivity contribution is -0.146. The van der Waals surface area contributed by atoms with Crippen LogP contribution in [0.15, 0.2) is 0 Å². The molecule has 0 bridgehead atoms. The summed E-state index contributed by atoms with van der Waals surface area (Å²) in [5.41, 5.74) is 0. The van der Waals surface area contributed by atoms with E-state index in [1.807, 2.05) is 6.07 Å². The van der Waals surface area contributed by atoms with Crippen LogP contribution in [0.5, 0.6) is 0 Å². The van der Waals surface area contributed by atoms with Crippen molar-refractivity contribution < 1.29 is 14.3 Å². The summed E-state index contributed by atoms with van der Waals surface area (Å²) in [4.78, 5) is 22.3. The van der Waals surface area contributed by atoms with E-state index in [2.05, 4.69) is 5.32 Å². The van der Waals surface area contributed by atoms with Gasteiger partial charge in [-0.1, -0.05) is 0 Å². The first-order valence-corrected chi connectivity index (χ1v) is 5.68. The zero-order valence-corrected chi connectivity index (χ0v) is 9.60. The molecule has 0 heterocycles. The Labute approximate surface area is 93.2 Å². The first kappa shape index (κ1) is 13.8. The molecule has 1 unspecified atom stereocenters. The second-order valence-electron chi connectivity index (χ2n) is 2.69. The molecule has 1 amide bonds. The molecule has 0 aromatic carbocycles. The fraction of sp³-hybridized carbons (Fsp3) is 0.667. The molecule has 6 heteroatoms. The number of ether oxygens (including phenoxy) is 1. The van der Waals surface area contributed by atoms with E-state index >= 15 is 0 Å². The van der Waals surface area contributed by atoms with Crippen molar-refractivity contribution in [1.82, 2.24) is 5.32 Å². The Morgan fingerprint density at radius 2 is 2.27 bits per heavy atom. The minimum atomic E-state index is -0.639. The van der Waals surface area contributed by atoms with Gasteiger partial charge in [0, 0.05) is 0 Å². The van der Waals surface area contributed by atoms with E-state index in [9.17, 15) is 9.59 Å². The topological polar surface area (TPSA) is 79.2 Å². The van der Waals surface area contributed by atoms with Crippen LogP contribution in [0, 0.1) is 11.3 Å². The monoisotopic (exact) mass is 230 g/mol. The molecule has 0 saturated heterocycles. The Balaban J connectivity index is 3.76.